The Kier molecular flexibility index (Phi) is 4.65. The third-order valence-electron chi connectivity index (χ3n) is 4.71. The lowest BCUT2D eigenvalue weighted by molar-refractivity contribution is -0.137. The number of hydrogen-bond donors (Lipinski definition) is 1. The van der Waals surface area contributed by atoms with Gasteiger partial charge in [-0.25, -0.2) is 0 Å². The molecule has 0 heterocycles. The van der Waals surface area contributed by atoms with Crippen LogP contribution < -0.4 is 0 Å². The van der Waals surface area contributed by atoms with E-state index in [0.717, 1.165) is 36.1 Å². The van der Waals surface area contributed by atoms with E-state index in [9.17, 15) is 18.3 Å². The fraction of sp³-hybridized carbons (Fsp3) is 0.368. The highest BCUT2D eigenvalue weighted by Gasteiger charge is 2.35. The van der Waals surface area contributed by atoms with Gasteiger partial charge in [0.2, 0.25) is 0 Å². The van der Waals surface area contributed by atoms with Gasteiger partial charge in [-0.1, -0.05) is 36.4 Å². The molecule has 2 aromatic carbocycles. The zero-order valence-corrected chi connectivity index (χ0v) is 13.3. The Morgan fingerprint density at radius 3 is 1.92 bits per heavy atom. The minimum atomic E-state index is -4.32. The predicted octanol–water partition coefficient (Wildman–Crippen LogP) is 4.83. The second-order valence-corrected chi connectivity index (χ2v) is 6.23. The summed E-state index contributed by atoms with van der Waals surface area (Å²) in [6, 6.07) is 12.4. The van der Waals surface area contributed by atoms with E-state index in [4.69, 9.17) is 4.74 Å². The van der Waals surface area contributed by atoms with Crippen molar-refractivity contribution in [3.8, 4) is 11.1 Å². The highest BCUT2D eigenvalue weighted by Crippen LogP contribution is 2.39. The van der Waals surface area contributed by atoms with Gasteiger partial charge in [-0.15, -0.1) is 0 Å². The van der Waals surface area contributed by atoms with Crippen molar-refractivity contribution in [3.63, 3.8) is 0 Å². The molecule has 1 aliphatic rings. The second kappa shape index (κ2) is 6.57. The smallest absolute Gasteiger partial charge is 0.388 e. The number of methoxy groups -OCH3 is 1. The maximum atomic E-state index is 12.6. The van der Waals surface area contributed by atoms with Crippen LogP contribution >= 0.6 is 0 Å². The zero-order chi connectivity index (χ0) is 17.3. The van der Waals surface area contributed by atoms with Crippen LogP contribution in [0.15, 0.2) is 48.5 Å². The maximum absolute atomic E-state index is 12.6. The number of hydrogen-bond acceptors (Lipinski definition) is 2. The summed E-state index contributed by atoms with van der Waals surface area (Å²) < 4.78 is 43.0. The molecule has 1 fully saturated rings. The monoisotopic (exact) mass is 336 g/mol. The molecule has 2 aromatic rings. The van der Waals surface area contributed by atoms with Crippen LogP contribution in [0.3, 0.4) is 0 Å². The van der Waals surface area contributed by atoms with E-state index in [1.54, 1.807) is 7.11 Å². The quantitative estimate of drug-likeness (QED) is 0.866. The molecule has 0 bridgehead atoms. The Labute approximate surface area is 138 Å². The summed E-state index contributed by atoms with van der Waals surface area (Å²) in [6.45, 7) is 0. The van der Waals surface area contributed by atoms with Crippen molar-refractivity contribution in [2.24, 2.45) is 5.92 Å². The molecule has 3 rings (SSSR count). The first-order chi connectivity index (χ1) is 11.4. The molecule has 1 aliphatic carbocycles. The molecule has 128 valence electrons. The predicted molar refractivity (Wildman–Crippen MR) is 85.4 cm³/mol. The molecule has 1 N–H and O–H groups in total. The van der Waals surface area contributed by atoms with E-state index in [2.05, 4.69) is 0 Å². The summed E-state index contributed by atoms with van der Waals surface area (Å²) in [5.74, 6) is 0.201. The first kappa shape index (κ1) is 17.0. The Hall–Kier alpha value is -1.85. The molecule has 0 aliphatic heterocycles. The van der Waals surface area contributed by atoms with Crippen molar-refractivity contribution in [2.75, 3.05) is 7.11 Å². The van der Waals surface area contributed by atoms with Gasteiger partial charge in [0.15, 0.2) is 0 Å². The molecule has 1 unspecified atom stereocenters. The number of ether oxygens (including phenoxy) is 1. The number of aliphatic hydroxyl groups is 1. The van der Waals surface area contributed by atoms with Crippen molar-refractivity contribution >= 4 is 0 Å². The van der Waals surface area contributed by atoms with E-state index in [-0.39, 0.29) is 12.0 Å². The molecule has 0 amide bonds. The number of alkyl halides is 3. The van der Waals surface area contributed by atoms with Gasteiger partial charge in [0, 0.05) is 7.11 Å². The van der Waals surface area contributed by atoms with E-state index in [1.807, 2.05) is 24.3 Å². The largest absolute Gasteiger partial charge is 0.416 e. The minimum Gasteiger partial charge on any atom is -0.388 e. The van der Waals surface area contributed by atoms with Gasteiger partial charge in [0.05, 0.1) is 17.8 Å². The SMILES string of the molecule is COC1CC(C(O)c2ccc(-c3ccc(C(F)(F)F)cc3)cc2)C1. The first-order valence-corrected chi connectivity index (χ1v) is 7.87. The lowest BCUT2D eigenvalue weighted by Gasteiger charge is -2.37. The molecule has 0 spiro atoms. The zero-order valence-electron chi connectivity index (χ0n) is 13.3. The Balaban J connectivity index is 1.70. The molecular formula is C19H19F3O2. The molecule has 1 atom stereocenters. The van der Waals surface area contributed by atoms with Gasteiger partial charge in [-0.3, -0.25) is 0 Å². The Morgan fingerprint density at radius 2 is 1.46 bits per heavy atom. The van der Waals surface area contributed by atoms with Crippen LogP contribution in [0.25, 0.3) is 11.1 Å². The fourth-order valence-electron chi connectivity index (χ4n) is 3.05. The molecular weight excluding hydrogens is 317 g/mol. The van der Waals surface area contributed by atoms with Crippen LogP contribution in [-0.4, -0.2) is 18.3 Å². The van der Waals surface area contributed by atoms with E-state index in [0.29, 0.717) is 5.56 Å². The summed E-state index contributed by atoms with van der Waals surface area (Å²) in [7, 11) is 1.67. The van der Waals surface area contributed by atoms with Crippen molar-refractivity contribution in [1.29, 1.82) is 0 Å². The first-order valence-electron chi connectivity index (χ1n) is 7.87. The number of halogens is 3. The maximum Gasteiger partial charge on any atom is 0.416 e. The van der Waals surface area contributed by atoms with Crippen LogP contribution in [-0.2, 0) is 10.9 Å². The second-order valence-electron chi connectivity index (χ2n) is 6.23. The molecule has 2 nitrogen and oxygen atoms in total. The number of aliphatic hydroxyl groups excluding tert-OH is 1. The molecule has 0 aromatic heterocycles. The fourth-order valence-corrected chi connectivity index (χ4v) is 3.05. The highest BCUT2D eigenvalue weighted by atomic mass is 19.4. The van der Waals surface area contributed by atoms with Crippen molar-refractivity contribution in [2.45, 2.75) is 31.2 Å². The van der Waals surface area contributed by atoms with Crippen LogP contribution in [0.1, 0.15) is 30.1 Å². The molecule has 24 heavy (non-hydrogen) atoms. The summed E-state index contributed by atoms with van der Waals surface area (Å²) in [5.41, 5.74) is 1.70. The average Bonchev–Trinajstić information content (AvgIpc) is 2.53. The van der Waals surface area contributed by atoms with E-state index in [1.165, 1.54) is 12.1 Å². The van der Waals surface area contributed by atoms with Crippen LogP contribution in [0, 0.1) is 5.92 Å². The normalized spacial score (nSPS) is 22.0. The molecule has 0 radical (unpaired) electrons. The topological polar surface area (TPSA) is 29.5 Å². The van der Waals surface area contributed by atoms with E-state index >= 15 is 0 Å². The third-order valence-corrected chi connectivity index (χ3v) is 4.71. The van der Waals surface area contributed by atoms with Crippen molar-refractivity contribution in [3.05, 3.63) is 59.7 Å². The standard InChI is InChI=1S/C19H19F3O2/c1-24-17-10-15(11-17)18(23)14-4-2-12(3-5-14)13-6-8-16(9-7-13)19(20,21)22/h2-9,15,17-18,23H,10-11H2,1H3. The Bertz CT molecular complexity index is 671. The molecule has 5 heteroatoms. The van der Waals surface area contributed by atoms with Gasteiger partial charge in [-0.05, 0) is 47.6 Å². The third kappa shape index (κ3) is 3.47. The summed E-state index contributed by atoms with van der Waals surface area (Å²) in [6.07, 6.45) is -2.93. The van der Waals surface area contributed by atoms with Crippen molar-refractivity contribution < 1.29 is 23.0 Å². The molecule has 0 saturated heterocycles. The van der Waals surface area contributed by atoms with Gasteiger partial charge in [-0.2, -0.15) is 13.2 Å². The van der Waals surface area contributed by atoms with Crippen LogP contribution in [0.2, 0.25) is 0 Å². The summed E-state index contributed by atoms with van der Waals surface area (Å²) >= 11 is 0. The van der Waals surface area contributed by atoms with Crippen LogP contribution in [0.5, 0.6) is 0 Å². The van der Waals surface area contributed by atoms with Gasteiger partial charge >= 0.3 is 6.18 Å². The van der Waals surface area contributed by atoms with Gasteiger partial charge < -0.3 is 9.84 Å². The minimum absolute atomic E-state index is 0.201. The van der Waals surface area contributed by atoms with Gasteiger partial charge in [0.25, 0.3) is 0 Å². The summed E-state index contributed by atoms with van der Waals surface area (Å²) in [4.78, 5) is 0. The van der Waals surface area contributed by atoms with Crippen LogP contribution in [0.4, 0.5) is 13.2 Å². The number of rotatable bonds is 4. The van der Waals surface area contributed by atoms with Crippen molar-refractivity contribution in [1.82, 2.24) is 0 Å². The summed E-state index contributed by atoms with van der Waals surface area (Å²) in [5, 5.41) is 10.4. The highest BCUT2D eigenvalue weighted by molar-refractivity contribution is 5.64. The lowest BCUT2D eigenvalue weighted by Crippen LogP contribution is -2.34. The average molecular weight is 336 g/mol. The lowest BCUT2D eigenvalue weighted by atomic mass is 9.76. The number of benzene rings is 2. The van der Waals surface area contributed by atoms with E-state index < -0.39 is 17.8 Å². The Morgan fingerprint density at radius 1 is 0.958 bits per heavy atom. The molecule has 1 saturated carbocycles. The van der Waals surface area contributed by atoms with Gasteiger partial charge in [0.1, 0.15) is 0 Å².